The van der Waals surface area contributed by atoms with Crippen LogP contribution in [0, 0.1) is 0 Å². The van der Waals surface area contributed by atoms with Crippen LogP contribution in [0.1, 0.15) is 12.6 Å². The first kappa shape index (κ1) is 19.9. The summed E-state index contributed by atoms with van der Waals surface area (Å²) in [6, 6.07) is 16.1. The summed E-state index contributed by atoms with van der Waals surface area (Å²) >= 11 is 11.9. The minimum absolute atomic E-state index is 0.332. The van der Waals surface area contributed by atoms with Gasteiger partial charge in [0, 0.05) is 16.5 Å². The zero-order chi connectivity index (χ0) is 20.1. The average Bonchev–Trinajstić information content (AvgIpc) is 2.69. The van der Waals surface area contributed by atoms with Crippen molar-refractivity contribution in [1.29, 1.82) is 0 Å². The number of hydrogen-bond acceptors (Lipinski definition) is 4. The molecule has 7 heteroatoms. The second-order valence-electron chi connectivity index (χ2n) is 5.95. The van der Waals surface area contributed by atoms with Crippen LogP contribution in [0.15, 0.2) is 60.7 Å². The van der Waals surface area contributed by atoms with Crippen LogP contribution < -0.4 is 5.32 Å². The SMILES string of the molecule is C[C@@H](OC(=O)/C=C/c1ccc2ccccc2n1)C(=O)Nc1cc(Cl)ccc1Cl. The first-order valence-corrected chi connectivity index (χ1v) is 9.18. The summed E-state index contributed by atoms with van der Waals surface area (Å²) in [6.45, 7) is 1.47. The third kappa shape index (κ3) is 5.09. The Balaban J connectivity index is 1.60. The largest absolute Gasteiger partial charge is 0.449 e. The summed E-state index contributed by atoms with van der Waals surface area (Å²) in [5, 5.41) is 4.35. The third-order valence-electron chi connectivity index (χ3n) is 3.86. The standard InChI is InChI=1S/C21H16Cl2N2O3/c1-13(21(27)25-19-12-15(22)7-10-17(19)23)28-20(26)11-9-16-8-6-14-4-2-3-5-18(14)24-16/h2-13H,1H3,(H,25,27)/b11-9+/t13-/m1/s1. The predicted octanol–water partition coefficient (Wildman–Crippen LogP) is 5.13. The molecule has 5 nitrogen and oxygen atoms in total. The maximum Gasteiger partial charge on any atom is 0.331 e. The van der Waals surface area contributed by atoms with Gasteiger partial charge in [-0.2, -0.15) is 0 Å². The van der Waals surface area contributed by atoms with Crippen LogP contribution in [0.3, 0.4) is 0 Å². The highest BCUT2D eigenvalue weighted by molar-refractivity contribution is 6.35. The Morgan fingerprint density at radius 1 is 1.11 bits per heavy atom. The molecule has 0 saturated heterocycles. The molecule has 1 atom stereocenters. The molecule has 0 bridgehead atoms. The summed E-state index contributed by atoms with van der Waals surface area (Å²) in [7, 11) is 0. The molecule has 1 N–H and O–H groups in total. The van der Waals surface area contributed by atoms with Crippen LogP contribution in [0.5, 0.6) is 0 Å². The molecule has 28 heavy (non-hydrogen) atoms. The molecule has 0 unspecified atom stereocenters. The molecule has 0 fully saturated rings. The lowest BCUT2D eigenvalue weighted by Crippen LogP contribution is -2.29. The van der Waals surface area contributed by atoms with Crippen molar-refractivity contribution in [2.75, 3.05) is 5.32 Å². The monoisotopic (exact) mass is 414 g/mol. The second kappa shape index (κ2) is 8.87. The van der Waals surface area contributed by atoms with Crippen molar-refractivity contribution in [3.05, 3.63) is 76.4 Å². The Bertz CT molecular complexity index is 1070. The molecule has 142 valence electrons. The van der Waals surface area contributed by atoms with Crippen LogP contribution >= 0.6 is 23.2 Å². The number of aromatic nitrogens is 1. The molecule has 1 heterocycles. The van der Waals surface area contributed by atoms with Gasteiger partial charge in [-0.25, -0.2) is 9.78 Å². The topological polar surface area (TPSA) is 68.3 Å². The lowest BCUT2D eigenvalue weighted by Gasteiger charge is -2.13. The Labute approximate surface area is 171 Å². The van der Waals surface area contributed by atoms with E-state index in [1.54, 1.807) is 18.2 Å². The fourth-order valence-corrected chi connectivity index (χ4v) is 2.76. The second-order valence-corrected chi connectivity index (χ2v) is 6.80. The molecule has 1 aromatic heterocycles. The van der Waals surface area contributed by atoms with Crippen molar-refractivity contribution in [2.45, 2.75) is 13.0 Å². The van der Waals surface area contributed by atoms with E-state index in [0.717, 1.165) is 10.9 Å². The highest BCUT2D eigenvalue weighted by Gasteiger charge is 2.18. The van der Waals surface area contributed by atoms with Gasteiger partial charge in [0.25, 0.3) is 5.91 Å². The number of benzene rings is 2. The van der Waals surface area contributed by atoms with Crippen molar-refractivity contribution < 1.29 is 14.3 Å². The molecule has 3 aromatic rings. The molecule has 1 amide bonds. The number of fused-ring (bicyclic) bond motifs is 1. The molecule has 2 aromatic carbocycles. The molecule has 0 aliphatic heterocycles. The summed E-state index contributed by atoms with van der Waals surface area (Å²) in [4.78, 5) is 28.6. The number of rotatable bonds is 5. The number of esters is 1. The summed E-state index contributed by atoms with van der Waals surface area (Å²) < 4.78 is 5.12. The molecule has 0 spiro atoms. The van der Waals surface area contributed by atoms with E-state index in [0.29, 0.717) is 21.4 Å². The number of halogens is 2. The number of nitrogens with zero attached hydrogens (tertiary/aromatic N) is 1. The molecule has 0 radical (unpaired) electrons. The van der Waals surface area contributed by atoms with Gasteiger partial charge in [-0.3, -0.25) is 4.79 Å². The Kier molecular flexibility index (Phi) is 6.29. The number of pyridine rings is 1. The third-order valence-corrected chi connectivity index (χ3v) is 4.42. The smallest absolute Gasteiger partial charge is 0.331 e. The number of ether oxygens (including phenoxy) is 1. The zero-order valence-corrected chi connectivity index (χ0v) is 16.4. The maximum atomic E-state index is 12.2. The van der Waals surface area contributed by atoms with E-state index in [2.05, 4.69) is 10.3 Å². The summed E-state index contributed by atoms with van der Waals surface area (Å²) in [5.41, 5.74) is 1.78. The average molecular weight is 415 g/mol. The van der Waals surface area contributed by atoms with Gasteiger partial charge in [0.15, 0.2) is 6.10 Å². The van der Waals surface area contributed by atoms with Crippen molar-refractivity contribution in [3.63, 3.8) is 0 Å². The number of hydrogen-bond donors (Lipinski definition) is 1. The van der Waals surface area contributed by atoms with Crippen molar-refractivity contribution in [3.8, 4) is 0 Å². The minimum atomic E-state index is -1.02. The molecule has 0 aliphatic rings. The van der Waals surface area contributed by atoms with Gasteiger partial charge < -0.3 is 10.1 Å². The molecule has 0 aliphatic carbocycles. The number of amides is 1. The van der Waals surface area contributed by atoms with Gasteiger partial charge in [0.2, 0.25) is 0 Å². The zero-order valence-electron chi connectivity index (χ0n) is 14.9. The summed E-state index contributed by atoms with van der Waals surface area (Å²) in [6.07, 6.45) is 1.75. The molecule has 3 rings (SSSR count). The van der Waals surface area contributed by atoms with Crippen LogP contribution in [-0.2, 0) is 14.3 Å². The lowest BCUT2D eigenvalue weighted by molar-refractivity contribution is -0.148. The van der Waals surface area contributed by atoms with Gasteiger partial charge in [-0.1, -0.05) is 47.5 Å². The van der Waals surface area contributed by atoms with Gasteiger partial charge in [0.05, 0.1) is 21.9 Å². The minimum Gasteiger partial charge on any atom is -0.449 e. The Morgan fingerprint density at radius 2 is 1.89 bits per heavy atom. The lowest BCUT2D eigenvalue weighted by atomic mass is 10.2. The fourth-order valence-electron chi connectivity index (χ4n) is 2.42. The van der Waals surface area contributed by atoms with E-state index in [-0.39, 0.29) is 0 Å². The van der Waals surface area contributed by atoms with Crippen LogP contribution in [0.2, 0.25) is 10.0 Å². The van der Waals surface area contributed by atoms with Gasteiger partial charge in [-0.15, -0.1) is 0 Å². The number of carbonyl (C=O) groups excluding carboxylic acids is 2. The van der Waals surface area contributed by atoms with E-state index in [4.69, 9.17) is 27.9 Å². The van der Waals surface area contributed by atoms with E-state index in [9.17, 15) is 9.59 Å². The van der Waals surface area contributed by atoms with Crippen molar-refractivity contribution in [2.24, 2.45) is 0 Å². The highest BCUT2D eigenvalue weighted by Crippen LogP contribution is 2.25. The van der Waals surface area contributed by atoms with Crippen molar-refractivity contribution in [1.82, 2.24) is 4.98 Å². The maximum absolute atomic E-state index is 12.2. The van der Waals surface area contributed by atoms with Gasteiger partial charge in [-0.05, 0) is 43.3 Å². The van der Waals surface area contributed by atoms with E-state index < -0.39 is 18.0 Å². The summed E-state index contributed by atoms with van der Waals surface area (Å²) in [5.74, 6) is -1.18. The number of carbonyl (C=O) groups is 2. The normalized spacial score (nSPS) is 12.1. The van der Waals surface area contributed by atoms with E-state index in [1.165, 1.54) is 25.1 Å². The predicted molar refractivity (Wildman–Crippen MR) is 111 cm³/mol. The fraction of sp³-hybridized carbons (Fsp3) is 0.0952. The van der Waals surface area contributed by atoms with E-state index >= 15 is 0 Å². The Morgan fingerprint density at radius 3 is 2.71 bits per heavy atom. The first-order chi connectivity index (χ1) is 13.4. The first-order valence-electron chi connectivity index (χ1n) is 8.43. The molecular formula is C21H16Cl2N2O3. The Hall–Kier alpha value is -2.89. The molecule has 0 saturated carbocycles. The highest BCUT2D eigenvalue weighted by atomic mass is 35.5. The number of nitrogens with one attached hydrogen (secondary N) is 1. The quantitative estimate of drug-likeness (QED) is 0.464. The number of para-hydroxylation sites is 1. The molecular weight excluding hydrogens is 399 g/mol. The van der Waals surface area contributed by atoms with Gasteiger partial charge in [0.1, 0.15) is 0 Å². The number of anilines is 1. The van der Waals surface area contributed by atoms with Crippen LogP contribution in [0.4, 0.5) is 5.69 Å². The van der Waals surface area contributed by atoms with Crippen molar-refractivity contribution >= 4 is 57.7 Å². The van der Waals surface area contributed by atoms with Crippen LogP contribution in [-0.4, -0.2) is 23.0 Å². The van der Waals surface area contributed by atoms with E-state index in [1.807, 2.05) is 30.3 Å². The van der Waals surface area contributed by atoms with Gasteiger partial charge >= 0.3 is 5.97 Å². The van der Waals surface area contributed by atoms with Crippen LogP contribution in [0.25, 0.3) is 17.0 Å².